The number of piperidine rings is 1. The van der Waals surface area contributed by atoms with Crippen molar-refractivity contribution in [3.05, 3.63) is 53.1 Å². The van der Waals surface area contributed by atoms with Gasteiger partial charge in [-0.15, -0.1) is 0 Å². The minimum Gasteiger partial charge on any atom is -0.345 e. The molecule has 0 aliphatic carbocycles. The highest BCUT2D eigenvalue weighted by Gasteiger charge is 2.32. The van der Waals surface area contributed by atoms with Gasteiger partial charge in [0.25, 0.3) is 5.91 Å². The molecule has 0 saturated carbocycles. The van der Waals surface area contributed by atoms with Crippen molar-refractivity contribution in [2.75, 3.05) is 44.2 Å². The Hall–Kier alpha value is -2.49. The second kappa shape index (κ2) is 9.76. The second-order valence-electron chi connectivity index (χ2n) is 10.5. The Kier molecular flexibility index (Phi) is 6.82. The zero-order chi connectivity index (χ0) is 25.6. The zero-order valence-corrected chi connectivity index (χ0v) is 23.0. The van der Waals surface area contributed by atoms with Gasteiger partial charge in [0.1, 0.15) is 0 Å². The fraction of sp³-hybridized carbons (Fsp3) is 0.481. The van der Waals surface area contributed by atoms with Gasteiger partial charge in [-0.3, -0.25) is 4.79 Å². The van der Waals surface area contributed by atoms with Gasteiger partial charge in [0.2, 0.25) is 10.0 Å². The van der Waals surface area contributed by atoms with Crippen LogP contribution in [0.2, 0.25) is 0 Å². The maximum Gasteiger partial charge on any atom is 0.253 e. The Bertz CT molecular complexity index is 1370. The standard InChI is InChI=1S/C27H34N4O3S2/c1-18-14-21(4)25-24(15-18)35-27(28-25)30-11-9-29(10-12-30)26(32)22-5-7-23(8-6-22)36(33,34)31-16-19(2)13-20(3)17-31/h5-8,14-15,19-20H,9-13,16-17H2,1-4H3. The van der Waals surface area contributed by atoms with Crippen molar-refractivity contribution in [1.82, 2.24) is 14.2 Å². The Morgan fingerprint density at radius 2 is 1.61 bits per heavy atom. The summed E-state index contributed by atoms with van der Waals surface area (Å²) in [7, 11) is -3.55. The van der Waals surface area contributed by atoms with E-state index < -0.39 is 10.0 Å². The molecule has 1 aromatic heterocycles. The predicted molar refractivity (Wildman–Crippen MR) is 145 cm³/mol. The summed E-state index contributed by atoms with van der Waals surface area (Å²) in [6.45, 7) is 12.1. The van der Waals surface area contributed by atoms with Crippen molar-refractivity contribution >= 4 is 42.6 Å². The number of amides is 1. The molecule has 192 valence electrons. The number of benzene rings is 2. The first-order chi connectivity index (χ1) is 17.1. The molecular weight excluding hydrogens is 492 g/mol. The van der Waals surface area contributed by atoms with Gasteiger partial charge in [-0.25, -0.2) is 13.4 Å². The summed E-state index contributed by atoms with van der Waals surface area (Å²) < 4.78 is 29.1. The van der Waals surface area contributed by atoms with Gasteiger partial charge in [-0.1, -0.05) is 31.3 Å². The number of piperazine rings is 1. The SMILES string of the molecule is Cc1cc(C)c2nc(N3CCN(C(=O)c4ccc(S(=O)(=O)N5CC(C)CC(C)C5)cc4)CC3)sc2c1. The van der Waals surface area contributed by atoms with E-state index in [0.717, 1.165) is 30.2 Å². The van der Waals surface area contributed by atoms with Crippen molar-refractivity contribution < 1.29 is 13.2 Å². The van der Waals surface area contributed by atoms with Crippen LogP contribution in [0.3, 0.4) is 0 Å². The van der Waals surface area contributed by atoms with E-state index in [2.05, 4.69) is 44.7 Å². The Morgan fingerprint density at radius 3 is 2.25 bits per heavy atom. The number of anilines is 1. The first-order valence-electron chi connectivity index (χ1n) is 12.6. The molecule has 3 heterocycles. The molecule has 2 aliphatic heterocycles. The number of aryl methyl sites for hydroxylation is 2. The Labute approximate surface area is 217 Å². The summed E-state index contributed by atoms with van der Waals surface area (Å²) in [6.07, 6.45) is 1.05. The van der Waals surface area contributed by atoms with Crippen LogP contribution in [0.4, 0.5) is 5.13 Å². The lowest BCUT2D eigenvalue weighted by molar-refractivity contribution is 0.0746. The molecule has 2 fully saturated rings. The van der Waals surface area contributed by atoms with Gasteiger partial charge in [0, 0.05) is 44.8 Å². The zero-order valence-electron chi connectivity index (χ0n) is 21.4. The molecule has 1 amide bonds. The third-order valence-corrected chi connectivity index (χ3v) is 10.1. The average Bonchev–Trinajstić information content (AvgIpc) is 3.28. The van der Waals surface area contributed by atoms with E-state index in [1.165, 1.54) is 15.8 Å². The van der Waals surface area contributed by atoms with Crippen LogP contribution in [0.1, 0.15) is 41.8 Å². The Balaban J connectivity index is 1.24. The lowest BCUT2D eigenvalue weighted by atomic mass is 9.94. The lowest BCUT2D eigenvalue weighted by Gasteiger charge is -2.35. The minimum absolute atomic E-state index is 0.0606. The summed E-state index contributed by atoms with van der Waals surface area (Å²) in [5, 5.41) is 1.00. The number of nitrogens with zero attached hydrogens (tertiary/aromatic N) is 4. The molecular formula is C27H34N4O3S2. The molecule has 2 saturated heterocycles. The summed E-state index contributed by atoms with van der Waals surface area (Å²) >= 11 is 1.70. The molecule has 2 aromatic carbocycles. The van der Waals surface area contributed by atoms with Gasteiger partial charge in [0.15, 0.2) is 5.13 Å². The minimum atomic E-state index is -3.55. The van der Waals surface area contributed by atoms with E-state index in [4.69, 9.17) is 4.98 Å². The molecule has 7 nitrogen and oxygen atoms in total. The smallest absolute Gasteiger partial charge is 0.253 e. The number of aromatic nitrogens is 1. The molecule has 9 heteroatoms. The van der Waals surface area contributed by atoms with E-state index >= 15 is 0 Å². The number of fused-ring (bicyclic) bond motifs is 1. The van der Waals surface area contributed by atoms with Crippen LogP contribution in [0.15, 0.2) is 41.3 Å². The van der Waals surface area contributed by atoms with E-state index in [1.54, 1.807) is 39.9 Å². The molecule has 2 unspecified atom stereocenters. The van der Waals surface area contributed by atoms with Crippen molar-refractivity contribution in [1.29, 1.82) is 0 Å². The van der Waals surface area contributed by atoms with Gasteiger partial charge < -0.3 is 9.80 Å². The molecule has 0 spiro atoms. The van der Waals surface area contributed by atoms with E-state index in [-0.39, 0.29) is 10.8 Å². The van der Waals surface area contributed by atoms with Crippen molar-refractivity contribution in [2.24, 2.45) is 11.8 Å². The molecule has 2 aliphatic rings. The van der Waals surface area contributed by atoms with Gasteiger partial charge in [-0.05, 0) is 73.6 Å². The fourth-order valence-electron chi connectivity index (χ4n) is 5.50. The van der Waals surface area contributed by atoms with Gasteiger partial charge in [-0.2, -0.15) is 4.31 Å². The maximum absolute atomic E-state index is 13.2. The molecule has 3 aromatic rings. The highest BCUT2D eigenvalue weighted by Crippen LogP contribution is 2.32. The van der Waals surface area contributed by atoms with Crippen LogP contribution >= 0.6 is 11.3 Å². The number of thiazole rings is 1. The summed E-state index contributed by atoms with van der Waals surface area (Å²) in [5.41, 5.74) is 4.01. The topological polar surface area (TPSA) is 73.8 Å². The highest BCUT2D eigenvalue weighted by atomic mass is 32.2. The molecule has 36 heavy (non-hydrogen) atoms. The fourth-order valence-corrected chi connectivity index (χ4v) is 8.37. The number of carbonyl (C=O) groups is 1. The number of rotatable bonds is 4. The first-order valence-corrected chi connectivity index (χ1v) is 14.9. The third-order valence-electron chi connectivity index (χ3n) is 7.23. The maximum atomic E-state index is 13.2. The van der Waals surface area contributed by atoms with E-state index in [0.29, 0.717) is 43.6 Å². The summed E-state index contributed by atoms with van der Waals surface area (Å²) in [4.78, 5) is 22.4. The van der Waals surface area contributed by atoms with Gasteiger partial charge in [0.05, 0.1) is 15.1 Å². The van der Waals surface area contributed by atoms with Crippen molar-refractivity contribution in [2.45, 2.75) is 39.0 Å². The van der Waals surface area contributed by atoms with Crippen LogP contribution < -0.4 is 4.90 Å². The summed E-state index contributed by atoms with van der Waals surface area (Å²) in [6, 6.07) is 10.8. The third kappa shape index (κ3) is 4.88. The molecule has 5 rings (SSSR count). The normalized spacial score (nSPS) is 21.8. The van der Waals surface area contributed by atoms with E-state index in [9.17, 15) is 13.2 Å². The van der Waals surface area contributed by atoms with E-state index in [1.807, 2.05) is 4.90 Å². The highest BCUT2D eigenvalue weighted by molar-refractivity contribution is 7.89. The van der Waals surface area contributed by atoms with Crippen LogP contribution in [0, 0.1) is 25.7 Å². The van der Waals surface area contributed by atoms with Crippen LogP contribution in [0.25, 0.3) is 10.2 Å². The van der Waals surface area contributed by atoms with Crippen LogP contribution in [-0.4, -0.2) is 67.8 Å². The van der Waals surface area contributed by atoms with Crippen LogP contribution in [0.5, 0.6) is 0 Å². The number of sulfonamides is 1. The quantitative estimate of drug-likeness (QED) is 0.499. The Morgan fingerprint density at radius 1 is 0.972 bits per heavy atom. The van der Waals surface area contributed by atoms with Crippen molar-refractivity contribution in [3.63, 3.8) is 0 Å². The molecule has 0 bridgehead atoms. The predicted octanol–water partition coefficient (Wildman–Crippen LogP) is 4.54. The second-order valence-corrected chi connectivity index (χ2v) is 13.4. The lowest BCUT2D eigenvalue weighted by Crippen LogP contribution is -2.48. The molecule has 2 atom stereocenters. The largest absolute Gasteiger partial charge is 0.345 e. The van der Waals surface area contributed by atoms with Gasteiger partial charge >= 0.3 is 0 Å². The average molecular weight is 527 g/mol. The molecule has 0 radical (unpaired) electrons. The first kappa shape index (κ1) is 25.2. The summed E-state index contributed by atoms with van der Waals surface area (Å²) in [5.74, 6) is 0.632. The monoisotopic (exact) mass is 526 g/mol. The molecule has 0 N–H and O–H groups in total. The number of hydrogen-bond acceptors (Lipinski definition) is 6. The number of carbonyl (C=O) groups excluding carboxylic acids is 1. The number of hydrogen-bond donors (Lipinski definition) is 0. The van der Waals surface area contributed by atoms with Crippen molar-refractivity contribution in [3.8, 4) is 0 Å². The van der Waals surface area contributed by atoms with Crippen LogP contribution in [-0.2, 0) is 10.0 Å².